The number of carbonyl (C=O) groups is 1. The minimum absolute atomic E-state index is 0.0292. The zero-order chi connectivity index (χ0) is 22.2. The molecule has 2 aliphatic carbocycles. The maximum atomic E-state index is 15.6. The van der Waals surface area contributed by atoms with Gasteiger partial charge < -0.3 is 31.1 Å². The number of aromatic nitrogens is 1. The number of aliphatic hydroxyl groups excluding tert-OH is 1. The van der Waals surface area contributed by atoms with E-state index in [1.165, 1.54) is 6.20 Å². The largest absolute Gasteiger partial charge is 0.477 e. The van der Waals surface area contributed by atoms with E-state index < -0.39 is 22.8 Å². The average Bonchev–Trinajstić information content (AvgIpc) is 3.65. The number of anilines is 2. The maximum absolute atomic E-state index is 15.6. The highest BCUT2D eigenvalue weighted by atomic mass is 19.1. The molecule has 1 aliphatic heterocycles. The molecule has 31 heavy (non-hydrogen) atoms. The summed E-state index contributed by atoms with van der Waals surface area (Å²) in [6, 6.07) is 0.0629. The highest BCUT2D eigenvalue weighted by Crippen LogP contribution is 2.48. The van der Waals surface area contributed by atoms with E-state index >= 15 is 4.39 Å². The molecule has 9 heteroatoms. The van der Waals surface area contributed by atoms with Crippen molar-refractivity contribution in [2.45, 2.75) is 44.2 Å². The standard InChI is InChI=1S/C22H27FN4O4/c1-10-18-15(20(29)13(21(30)31)7-27(18)12-2-3-12)17(24)16(23)19(10)26-6-11(9-28)14(8-26)22(25)4-5-22/h7,11-12,14,28H,2-6,8-9,24-25H2,1H3,(H,30,31)/t11-,14+/m1/s1. The molecule has 1 aromatic heterocycles. The van der Waals surface area contributed by atoms with Crippen LogP contribution in [0.25, 0.3) is 10.9 Å². The van der Waals surface area contributed by atoms with Gasteiger partial charge in [0, 0.05) is 49.3 Å². The quantitative estimate of drug-likeness (QED) is 0.529. The number of benzene rings is 1. The molecule has 166 valence electrons. The minimum Gasteiger partial charge on any atom is -0.477 e. The third-order valence-electron chi connectivity index (χ3n) is 7.39. The minimum atomic E-state index is -1.35. The van der Waals surface area contributed by atoms with Crippen LogP contribution in [-0.2, 0) is 0 Å². The van der Waals surface area contributed by atoms with E-state index in [0.717, 1.165) is 25.7 Å². The molecule has 0 radical (unpaired) electrons. The molecule has 0 amide bonds. The van der Waals surface area contributed by atoms with Crippen LogP contribution in [-0.4, -0.2) is 46.0 Å². The Morgan fingerprint density at radius 2 is 2.00 bits per heavy atom. The van der Waals surface area contributed by atoms with Crippen molar-refractivity contribution in [1.29, 1.82) is 0 Å². The lowest BCUT2D eigenvalue weighted by Gasteiger charge is -2.26. The molecule has 0 spiro atoms. The van der Waals surface area contributed by atoms with Crippen molar-refractivity contribution in [1.82, 2.24) is 4.57 Å². The van der Waals surface area contributed by atoms with E-state index in [1.54, 1.807) is 11.5 Å². The van der Waals surface area contributed by atoms with Gasteiger partial charge in [0.1, 0.15) is 5.56 Å². The number of nitrogen functional groups attached to an aromatic ring is 1. The molecular weight excluding hydrogens is 403 g/mol. The second kappa shape index (κ2) is 6.67. The fourth-order valence-electron chi connectivity index (χ4n) is 5.35. The van der Waals surface area contributed by atoms with E-state index in [1.807, 2.05) is 4.90 Å². The molecule has 3 aliphatic rings. The predicted molar refractivity (Wildman–Crippen MR) is 115 cm³/mol. The number of carboxylic acids is 1. The first-order valence-electron chi connectivity index (χ1n) is 10.7. The monoisotopic (exact) mass is 430 g/mol. The lowest BCUT2D eigenvalue weighted by atomic mass is 9.88. The second-order valence-corrected chi connectivity index (χ2v) is 9.43. The summed E-state index contributed by atoms with van der Waals surface area (Å²) in [7, 11) is 0. The van der Waals surface area contributed by atoms with Crippen LogP contribution >= 0.6 is 0 Å². The number of pyridine rings is 1. The van der Waals surface area contributed by atoms with Gasteiger partial charge in [0.15, 0.2) is 5.82 Å². The Bertz CT molecular complexity index is 1170. The van der Waals surface area contributed by atoms with Crippen molar-refractivity contribution in [3.05, 3.63) is 33.4 Å². The lowest BCUT2D eigenvalue weighted by molar-refractivity contribution is 0.0695. The summed E-state index contributed by atoms with van der Waals surface area (Å²) in [5.41, 5.74) is 12.1. The molecule has 6 N–H and O–H groups in total. The summed E-state index contributed by atoms with van der Waals surface area (Å²) in [6.45, 7) is 2.67. The van der Waals surface area contributed by atoms with Gasteiger partial charge >= 0.3 is 5.97 Å². The number of halogens is 1. The van der Waals surface area contributed by atoms with Crippen molar-refractivity contribution < 1.29 is 19.4 Å². The first-order valence-corrected chi connectivity index (χ1v) is 10.7. The third kappa shape index (κ3) is 2.94. The number of hydrogen-bond acceptors (Lipinski definition) is 6. The van der Waals surface area contributed by atoms with Gasteiger partial charge in [0.25, 0.3) is 0 Å². The molecule has 8 nitrogen and oxygen atoms in total. The van der Waals surface area contributed by atoms with Crippen molar-refractivity contribution >= 4 is 28.2 Å². The Balaban J connectivity index is 1.72. The average molecular weight is 430 g/mol. The Labute approximate surface area is 178 Å². The van der Waals surface area contributed by atoms with Gasteiger partial charge in [-0.1, -0.05) is 0 Å². The number of aryl methyl sites for hydroxylation is 1. The number of aromatic carboxylic acids is 1. The molecule has 2 atom stereocenters. The number of aliphatic hydroxyl groups is 1. The van der Waals surface area contributed by atoms with Crippen LogP contribution in [0.3, 0.4) is 0 Å². The smallest absolute Gasteiger partial charge is 0.341 e. The fraction of sp³-hybridized carbons (Fsp3) is 0.545. The number of fused-ring (bicyclic) bond motifs is 1. The summed E-state index contributed by atoms with van der Waals surface area (Å²) in [4.78, 5) is 26.4. The van der Waals surface area contributed by atoms with Gasteiger partial charge in [-0.05, 0) is 38.2 Å². The van der Waals surface area contributed by atoms with Crippen LogP contribution in [0.5, 0.6) is 0 Å². The zero-order valence-electron chi connectivity index (χ0n) is 17.4. The molecule has 5 rings (SSSR count). The van der Waals surface area contributed by atoms with Crippen molar-refractivity contribution in [2.24, 2.45) is 17.6 Å². The van der Waals surface area contributed by atoms with E-state index in [4.69, 9.17) is 11.5 Å². The molecule has 0 unspecified atom stereocenters. The highest BCUT2D eigenvalue weighted by molar-refractivity contribution is 6.01. The molecule has 2 heterocycles. The Morgan fingerprint density at radius 3 is 2.55 bits per heavy atom. The van der Waals surface area contributed by atoms with Gasteiger partial charge in [-0.2, -0.15) is 0 Å². The molecule has 1 aromatic carbocycles. The summed E-state index contributed by atoms with van der Waals surface area (Å²) in [5, 5.41) is 19.3. The molecule has 2 saturated carbocycles. The molecule has 3 fully saturated rings. The lowest BCUT2D eigenvalue weighted by Crippen LogP contribution is -2.38. The number of nitrogens with zero attached hydrogens (tertiary/aromatic N) is 2. The Morgan fingerprint density at radius 1 is 1.32 bits per heavy atom. The van der Waals surface area contributed by atoms with Crippen molar-refractivity contribution in [2.75, 3.05) is 30.3 Å². The van der Waals surface area contributed by atoms with Crippen molar-refractivity contribution in [3.8, 4) is 0 Å². The molecule has 0 bridgehead atoms. The zero-order valence-corrected chi connectivity index (χ0v) is 17.4. The Hall–Kier alpha value is -2.65. The van der Waals surface area contributed by atoms with Crippen LogP contribution in [0.1, 0.15) is 47.6 Å². The topological polar surface area (TPSA) is 135 Å². The van der Waals surface area contributed by atoms with Gasteiger partial charge in [-0.3, -0.25) is 4.79 Å². The number of rotatable bonds is 5. The number of nitrogens with two attached hydrogens (primary N) is 2. The fourth-order valence-corrected chi connectivity index (χ4v) is 5.35. The van der Waals surface area contributed by atoms with E-state index in [-0.39, 0.29) is 41.1 Å². The summed E-state index contributed by atoms with van der Waals surface area (Å²) < 4.78 is 17.4. The van der Waals surface area contributed by atoms with E-state index in [9.17, 15) is 19.8 Å². The SMILES string of the molecule is Cc1c(N2C[C@H](CO)[C@@H](C3(N)CC3)C2)c(F)c(N)c2c(=O)c(C(=O)O)cn(C3CC3)c12. The first-order chi connectivity index (χ1) is 14.7. The van der Waals surface area contributed by atoms with Crippen LogP contribution in [0.2, 0.25) is 0 Å². The van der Waals surface area contributed by atoms with Gasteiger partial charge in [-0.15, -0.1) is 0 Å². The molecule has 1 saturated heterocycles. The first kappa shape index (κ1) is 20.3. The highest BCUT2D eigenvalue weighted by Gasteiger charge is 2.52. The second-order valence-electron chi connectivity index (χ2n) is 9.43. The van der Waals surface area contributed by atoms with Crippen LogP contribution in [0.15, 0.2) is 11.0 Å². The molecular formula is C22H27FN4O4. The van der Waals surface area contributed by atoms with Gasteiger partial charge in [0.05, 0.1) is 22.3 Å². The van der Waals surface area contributed by atoms with E-state index in [0.29, 0.717) is 29.9 Å². The predicted octanol–water partition coefficient (Wildman–Crippen LogP) is 1.60. The summed E-state index contributed by atoms with van der Waals surface area (Å²) in [6.07, 6.45) is 4.86. The van der Waals surface area contributed by atoms with Crippen LogP contribution in [0, 0.1) is 24.6 Å². The Kier molecular flexibility index (Phi) is 4.36. The van der Waals surface area contributed by atoms with E-state index in [2.05, 4.69) is 0 Å². The number of carboxylic acid groups (broad SMARTS) is 1. The third-order valence-corrected chi connectivity index (χ3v) is 7.39. The van der Waals surface area contributed by atoms with Gasteiger partial charge in [-0.25, -0.2) is 9.18 Å². The number of hydrogen-bond donors (Lipinski definition) is 4. The maximum Gasteiger partial charge on any atom is 0.341 e. The summed E-state index contributed by atoms with van der Waals surface area (Å²) >= 11 is 0. The van der Waals surface area contributed by atoms with Crippen LogP contribution in [0.4, 0.5) is 15.8 Å². The summed E-state index contributed by atoms with van der Waals surface area (Å²) in [5.74, 6) is -2.09. The van der Waals surface area contributed by atoms with Crippen LogP contribution < -0.4 is 21.8 Å². The molecule has 2 aromatic rings. The van der Waals surface area contributed by atoms with Gasteiger partial charge in [0.2, 0.25) is 5.43 Å². The van der Waals surface area contributed by atoms with Crippen molar-refractivity contribution in [3.63, 3.8) is 0 Å². The normalized spacial score (nSPS) is 24.7.